The molecule has 2 aromatic heterocycles. The van der Waals surface area contributed by atoms with Crippen LogP contribution in [0.1, 0.15) is 11.1 Å². The van der Waals surface area contributed by atoms with Gasteiger partial charge in [0.2, 0.25) is 12.7 Å². The Labute approximate surface area is 204 Å². The van der Waals surface area contributed by atoms with Crippen LogP contribution in [0.15, 0.2) is 63.9 Å². The zero-order chi connectivity index (χ0) is 24.6. The summed E-state index contributed by atoms with van der Waals surface area (Å²) in [6, 6.07) is 11.8. The number of amides is 1. The first-order valence-corrected chi connectivity index (χ1v) is 12.1. The maximum Gasteiger partial charge on any atom is 0.418 e. The van der Waals surface area contributed by atoms with Gasteiger partial charge in [-0.3, -0.25) is 14.2 Å². The normalized spacial score (nSPS) is 12.8. The Morgan fingerprint density at radius 3 is 2.77 bits per heavy atom. The van der Waals surface area contributed by atoms with Crippen LogP contribution in [-0.2, 0) is 17.5 Å². The highest BCUT2D eigenvalue weighted by atomic mass is 32.2. The van der Waals surface area contributed by atoms with E-state index in [0.717, 1.165) is 23.4 Å². The number of para-hydroxylation sites is 1. The molecule has 3 heterocycles. The fourth-order valence-electron chi connectivity index (χ4n) is 3.55. The van der Waals surface area contributed by atoms with Crippen LogP contribution >= 0.6 is 23.1 Å². The van der Waals surface area contributed by atoms with Crippen molar-refractivity contribution in [1.29, 1.82) is 0 Å². The quantitative estimate of drug-likeness (QED) is 0.286. The van der Waals surface area contributed by atoms with Crippen LogP contribution in [0.2, 0.25) is 0 Å². The van der Waals surface area contributed by atoms with Gasteiger partial charge < -0.3 is 14.8 Å². The number of nitrogens with one attached hydrogen (secondary N) is 1. The zero-order valence-electron chi connectivity index (χ0n) is 17.8. The molecule has 2 aromatic carbocycles. The minimum absolute atomic E-state index is 0.120. The molecule has 7 nitrogen and oxygen atoms in total. The van der Waals surface area contributed by atoms with Crippen molar-refractivity contribution in [2.75, 3.05) is 17.9 Å². The molecule has 0 aliphatic carbocycles. The highest BCUT2D eigenvalue weighted by Gasteiger charge is 2.33. The van der Waals surface area contributed by atoms with Crippen molar-refractivity contribution >= 4 is 44.9 Å². The fourth-order valence-corrected chi connectivity index (χ4v) is 5.13. The first-order chi connectivity index (χ1) is 16.8. The van der Waals surface area contributed by atoms with Gasteiger partial charge in [-0.25, -0.2) is 4.98 Å². The van der Waals surface area contributed by atoms with Gasteiger partial charge in [0.15, 0.2) is 16.7 Å². The molecule has 0 saturated heterocycles. The maximum atomic E-state index is 13.2. The van der Waals surface area contributed by atoms with E-state index in [2.05, 4.69) is 10.3 Å². The van der Waals surface area contributed by atoms with Gasteiger partial charge in [0, 0.05) is 0 Å². The van der Waals surface area contributed by atoms with Crippen molar-refractivity contribution in [1.82, 2.24) is 9.55 Å². The largest absolute Gasteiger partial charge is 0.454 e. The van der Waals surface area contributed by atoms with E-state index in [4.69, 9.17) is 9.47 Å². The molecular formula is C23H16F3N3O4S2. The van der Waals surface area contributed by atoms with Gasteiger partial charge >= 0.3 is 6.18 Å². The van der Waals surface area contributed by atoms with E-state index in [-0.39, 0.29) is 35.5 Å². The van der Waals surface area contributed by atoms with Crippen molar-refractivity contribution in [3.05, 3.63) is 75.4 Å². The summed E-state index contributed by atoms with van der Waals surface area (Å²) >= 11 is 2.23. The molecule has 0 fully saturated rings. The molecule has 0 unspecified atom stereocenters. The molecule has 0 bridgehead atoms. The molecule has 1 N–H and O–H groups in total. The maximum absolute atomic E-state index is 13.2. The molecule has 180 valence electrons. The van der Waals surface area contributed by atoms with E-state index in [1.165, 1.54) is 34.1 Å². The SMILES string of the molecule is O=C(CSc1nc2ccsc2c(=O)n1Cc1ccc2c(c1)OCO2)Nc1ccccc1C(F)(F)F. The van der Waals surface area contributed by atoms with Crippen molar-refractivity contribution in [2.45, 2.75) is 17.9 Å². The molecule has 5 rings (SSSR count). The summed E-state index contributed by atoms with van der Waals surface area (Å²) in [5, 5.41) is 4.33. The number of nitrogens with zero attached hydrogens (tertiary/aromatic N) is 2. The summed E-state index contributed by atoms with van der Waals surface area (Å²) in [5.74, 6) is 0.284. The Kier molecular flexibility index (Phi) is 6.15. The third-order valence-electron chi connectivity index (χ3n) is 5.15. The number of halogens is 3. The van der Waals surface area contributed by atoms with Crippen molar-refractivity contribution in [2.24, 2.45) is 0 Å². The molecule has 1 amide bonds. The summed E-state index contributed by atoms with van der Waals surface area (Å²) in [7, 11) is 0. The number of benzene rings is 2. The summed E-state index contributed by atoms with van der Waals surface area (Å²) in [6.07, 6.45) is -4.60. The smallest absolute Gasteiger partial charge is 0.418 e. The van der Waals surface area contributed by atoms with Gasteiger partial charge in [0.05, 0.1) is 29.1 Å². The van der Waals surface area contributed by atoms with Gasteiger partial charge in [-0.15, -0.1) is 11.3 Å². The summed E-state index contributed by atoms with van der Waals surface area (Å²) in [4.78, 5) is 30.2. The second-order valence-corrected chi connectivity index (χ2v) is 9.35. The number of carbonyl (C=O) groups is 1. The number of ether oxygens (including phenoxy) is 2. The molecular weight excluding hydrogens is 503 g/mol. The van der Waals surface area contributed by atoms with Crippen LogP contribution in [0.5, 0.6) is 11.5 Å². The second-order valence-electron chi connectivity index (χ2n) is 7.49. The average Bonchev–Trinajstić information content (AvgIpc) is 3.48. The molecule has 1 aliphatic rings. The number of hydrogen-bond acceptors (Lipinski definition) is 7. The first kappa shape index (κ1) is 23.2. The van der Waals surface area contributed by atoms with Crippen molar-refractivity contribution in [3.63, 3.8) is 0 Å². The second kappa shape index (κ2) is 9.27. The number of hydrogen-bond donors (Lipinski definition) is 1. The van der Waals surface area contributed by atoms with Crippen LogP contribution in [-0.4, -0.2) is 28.0 Å². The Morgan fingerprint density at radius 2 is 1.94 bits per heavy atom. The summed E-state index contributed by atoms with van der Waals surface area (Å²) in [5.41, 5.74) is -0.278. The first-order valence-electron chi connectivity index (χ1n) is 10.2. The van der Waals surface area contributed by atoms with Crippen LogP contribution in [0.3, 0.4) is 0 Å². The molecule has 0 atom stereocenters. The van der Waals surface area contributed by atoms with E-state index in [0.29, 0.717) is 21.7 Å². The van der Waals surface area contributed by atoms with Crippen LogP contribution in [0.25, 0.3) is 10.2 Å². The monoisotopic (exact) mass is 519 g/mol. The lowest BCUT2D eigenvalue weighted by atomic mass is 10.1. The topological polar surface area (TPSA) is 82.5 Å². The predicted molar refractivity (Wildman–Crippen MR) is 126 cm³/mol. The van der Waals surface area contributed by atoms with Crippen molar-refractivity contribution in [3.8, 4) is 11.5 Å². The Balaban J connectivity index is 1.39. The minimum Gasteiger partial charge on any atom is -0.454 e. The highest BCUT2D eigenvalue weighted by molar-refractivity contribution is 7.99. The molecule has 4 aromatic rings. The van der Waals surface area contributed by atoms with E-state index >= 15 is 0 Å². The summed E-state index contributed by atoms with van der Waals surface area (Å²) < 4.78 is 52.3. The van der Waals surface area contributed by atoms with Gasteiger partial charge in [0.1, 0.15) is 4.70 Å². The number of anilines is 1. The summed E-state index contributed by atoms with van der Waals surface area (Å²) in [6.45, 7) is 0.284. The lowest BCUT2D eigenvalue weighted by molar-refractivity contribution is -0.137. The van der Waals surface area contributed by atoms with Crippen molar-refractivity contribution < 1.29 is 27.4 Å². The van der Waals surface area contributed by atoms with Crippen LogP contribution in [0, 0.1) is 0 Å². The number of carbonyl (C=O) groups excluding carboxylic acids is 1. The Hall–Kier alpha value is -3.51. The molecule has 35 heavy (non-hydrogen) atoms. The van der Waals surface area contributed by atoms with E-state index < -0.39 is 17.6 Å². The average molecular weight is 520 g/mol. The lowest BCUT2D eigenvalue weighted by Crippen LogP contribution is -2.24. The van der Waals surface area contributed by atoms with Gasteiger partial charge in [-0.2, -0.15) is 13.2 Å². The number of thiophene rings is 1. The van der Waals surface area contributed by atoms with E-state index in [9.17, 15) is 22.8 Å². The molecule has 0 spiro atoms. The number of alkyl halides is 3. The van der Waals surface area contributed by atoms with E-state index in [1.807, 2.05) is 0 Å². The third-order valence-corrected chi connectivity index (χ3v) is 7.02. The number of rotatable bonds is 6. The number of thioether (sulfide) groups is 1. The number of fused-ring (bicyclic) bond motifs is 2. The Bertz CT molecular complexity index is 1480. The molecule has 12 heteroatoms. The van der Waals surface area contributed by atoms with Gasteiger partial charge in [0.25, 0.3) is 5.56 Å². The van der Waals surface area contributed by atoms with Gasteiger partial charge in [-0.05, 0) is 41.3 Å². The molecule has 1 aliphatic heterocycles. The van der Waals surface area contributed by atoms with Gasteiger partial charge in [-0.1, -0.05) is 30.0 Å². The Morgan fingerprint density at radius 1 is 1.14 bits per heavy atom. The standard InChI is InChI=1S/C23H16F3N3O4S2/c24-23(25,26)14-3-1-2-4-15(14)27-19(30)11-35-22-28-16-7-8-34-20(16)21(31)29(22)10-13-5-6-17-18(9-13)33-12-32-17/h1-9H,10-12H2,(H,27,30). The molecule has 0 saturated carbocycles. The highest BCUT2D eigenvalue weighted by Crippen LogP contribution is 2.35. The minimum atomic E-state index is -4.60. The van der Waals surface area contributed by atoms with E-state index in [1.54, 1.807) is 29.6 Å². The van der Waals surface area contributed by atoms with Crippen LogP contribution in [0.4, 0.5) is 18.9 Å². The fraction of sp³-hybridized carbons (Fsp3) is 0.174. The predicted octanol–water partition coefficient (Wildman–Crippen LogP) is 4.98. The lowest BCUT2D eigenvalue weighted by Gasteiger charge is -2.14. The number of aromatic nitrogens is 2. The third kappa shape index (κ3) is 4.84. The molecule has 0 radical (unpaired) electrons. The van der Waals surface area contributed by atoms with Crippen LogP contribution < -0.4 is 20.3 Å². The zero-order valence-corrected chi connectivity index (χ0v) is 19.4.